The van der Waals surface area contributed by atoms with E-state index in [0.29, 0.717) is 15.0 Å². The Balaban J connectivity index is 1.60. The number of ether oxygens (including phenoxy) is 1. The first-order chi connectivity index (χ1) is 14.0. The smallest absolute Gasteiger partial charge is 0.270 e. The third-order valence-electron chi connectivity index (χ3n) is 4.36. The minimum absolute atomic E-state index is 0.148. The van der Waals surface area contributed by atoms with E-state index in [0.717, 1.165) is 22.0 Å². The third kappa shape index (κ3) is 4.01. The van der Waals surface area contributed by atoms with Gasteiger partial charge in [0.15, 0.2) is 10.9 Å². The second-order valence-electron chi connectivity index (χ2n) is 6.34. The molecule has 0 bridgehead atoms. The highest BCUT2D eigenvalue weighted by Crippen LogP contribution is 2.38. The number of hydrogen-bond donors (Lipinski definition) is 1. The van der Waals surface area contributed by atoms with E-state index in [4.69, 9.17) is 22.7 Å². The Labute approximate surface area is 177 Å². The molecule has 29 heavy (non-hydrogen) atoms. The van der Waals surface area contributed by atoms with Crippen LogP contribution in [0.5, 0.6) is 5.75 Å². The predicted molar refractivity (Wildman–Crippen MR) is 121 cm³/mol. The molecule has 144 valence electrons. The average Bonchev–Trinajstić information content (AvgIpc) is 3.00. The molecule has 0 radical (unpaired) electrons. The number of carbonyl (C=O) groups excluding carboxylic acids is 2. The fourth-order valence-electron chi connectivity index (χ4n) is 3.04. The fourth-order valence-corrected chi connectivity index (χ4v) is 4.33. The van der Waals surface area contributed by atoms with Crippen molar-refractivity contribution in [3.8, 4) is 5.75 Å². The fraction of sp³-hybridized carbons (Fsp3) is 0.0455. The summed E-state index contributed by atoms with van der Waals surface area (Å²) in [7, 11) is 0. The molecule has 3 aromatic carbocycles. The quantitative estimate of drug-likeness (QED) is 0.497. The molecule has 2 N–H and O–H groups in total. The molecule has 1 fully saturated rings. The molecular formula is C22H16N2O3S2. The normalized spacial score (nSPS) is 15.3. The van der Waals surface area contributed by atoms with Gasteiger partial charge in [-0.2, -0.15) is 0 Å². The summed E-state index contributed by atoms with van der Waals surface area (Å²) >= 11 is 6.77. The maximum absolute atomic E-state index is 13.1. The monoisotopic (exact) mass is 420 g/mol. The molecule has 0 saturated carbocycles. The number of amides is 2. The number of anilines is 1. The summed E-state index contributed by atoms with van der Waals surface area (Å²) < 4.78 is 5.75. The predicted octanol–water partition coefficient (Wildman–Crippen LogP) is 4.11. The van der Waals surface area contributed by atoms with Gasteiger partial charge in [-0.25, -0.2) is 0 Å². The van der Waals surface area contributed by atoms with Crippen molar-refractivity contribution in [3.63, 3.8) is 0 Å². The van der Waals surface area contributed by atoms with E-state index in [-0.39, 0.29) is 12.5 Å². The van der Waals surface area contributed by atoms with Gasteiger partial charge >= 0.3 is 0 Å². The summed E-state index contributed by atoms with van der Waals surface area (Å²) in [6, 6.07) is 20.8. The number of rotatable bonds is 5. The molecule has 0 atom stereocenters. The molecule has 7 heteroatoms. The number of thiocarbonyl (C=S) groups is 1. The van der Waals surface area contributed by atoms with Gasteiger partial charge in [0.2, 0.25) is 0 Å². The molecular weight excluding hydrogens is 404 g/mol. The number of thioether (sulfide) groups is 1. The Morgan fingerprint density at radius 2 is 1.79 bits per heavy atom. The van der Waals surface area contributed by atoms with Crippen LogP contribution in [0.25, 0.3) is 16.8 Å². The second-order valence-corrected chi connectivity index (χ2v) is 8.02. The van der Waals surface area contributed by atoms with E-state index in [2.05, 4.69) is 0 Å². The summed E-state index contributed by atoms with van der Waals surface area (Å²) in [5.41, 5.74) is 6.68. The van der Waals surface area contributed by atoms with Crippen molar-refractivity contribution in [1.82, 2.24) is 0 Å². The summed E-state index contributed by atoms with van der Waals surface area (Å²) in [5, 5.41) is 2.03. The minimum Gasteiger partial charge on any atom is -0.484 e. The number of hydrogen-bond acceptors (Lipinski definition) is 5. The van der Waals surface area contributed by atoms with Gasteiger partial charge in [-0.3, -0.25) is 14.5 Å². The zero-order valence-electron chi connectivity index (χ0n) is 15.2. The summed E-state index contributed by atoms with van der Waals surface area (Å²) in [6.45, 7) is -0.178. The highest BCUT2D eigenvalue weighted by molar-refractivity contribution is 8.27. The molecule has 0 aliphatic carbocycles. The van der Waals surface area contributed by atoms with Crippen molar-refractivity contribution in [1.29, 1.82) is 0 Å². The van der Waals surface area contributed by atoms with Crippen molar-refractivity contribution < 1.29 is 14.3 Å². The molecule has 3 aromatic rings. The van der Waals surface area contributed by atoms with Crippen molar-refractivity contribution in [2.75, 3.05) is 11.5 Å². The van der Waals surface area contributed by atoms with Gasteiger partial charge in [0.1, 0.15) is 5.75 Å². The molecule has 4 rings (SSSR count). The Morgan fingerprint density at radius 3 is 2.55 bits per heavy atom. The van der Waals surface area contributed by atoms with Crippen molar-refractivity contribution in [2.24, 2.45) is 5.73 Å². The lowest BCUT2D eigenvalue weighted by molar-refractivity contribution is -0.120. The first-order valence-electron chi connectivity index (χ1n) is 8.80. The molecule has 0 spiro atoms. The van der Waals surface area contributed by atoms with Gasteiger partial charge in [0.25, 0.3) is 11.8 Å². The number of nitrogens with zero attached hydrogens (tertiary/aromatic N) is 1. The molecule has 1 aliphatic rings. The summed E-state index contributed by atoms with van der Waals surface area (Å²) in [6.07, 6.45) is 1.79. The van der Waals surface area contributed by atoms with Gasteiger partial charge < -0.3 is 10.5 Å². The van der Waals surface area contributed by atoms with E-state index in [1.54, 1.807) is 35.2 Å². The van der Waals surface area contributed by atoms with E-state index in [1.807, 2.05) is 42.5 Å². The molecule has 1 aliphatic heterocycles. The standard InChI is InChI=1S/C22H16N2O3S2/c23-20(25)13-27-16-10-8-14(9-11-16)12-19-21(26)24(22(28)29-19)18-7-3-5-15-4-1-2-6-17(15)18/h1-12H,13H2,(H2,23,25)/b19-12+. The number of benzene rings is 3. The summed E-state index contributed by atoms with van der Waals surface area (Å²) in [4.78, 5) is 26.0. The van der Waals surface area contributed by atoms with Crippen LogP contribution < -0.4 is 15.4 Å². The summed E-state index contributed by atoms with van der Waals surface area (Å²) in [5.74, 6) is -0.152. The van der Waals surface area contributed by atoms with Crippen LogP contribution in [0.4, 0.5) is 5.69 Å². The van der Waals surface area contributed by atoms with Crippen LogP contribution in [0.1, 0.15) is 5.56 Å². The number of carbonyl (C=O) groups is 2. The maximum atomic E-state index is 13.1. The lowest BCUT2D eigenvalue weighted by atomic mass is 10.1. The third-order valence-corrected chi connectivity index (χ3v) is 5.66. The highest BCUT2D eigenvalue weighted by Gasteiger charge is 2.34. The zero-order valence-corrected chi connectivity index (χ0v) is 16.8. The first kappa shape index (κ1) is 19.2. The maximum Gasteiger partial charge on any atom is 0.270 e. The van der Waals surface area contributed by atoms with Gasteiger partial charge in [-0.15, -0.1) is 0 Å². The van der Waals surface area contributed by atoms with Crippen LogP contribution in [0.2, 0.25) is 0 Å². The minimum atomic E-state index is -0.536. The highest BCUT2D eigenvalue weighted by atomic mass is 32.2. The van der Waals surface area contributed by atoms with Gasteiger partial charge in [0, 0.05) is 5.39 Å². The van der Waals surface area contributed by atoms with Gasteiger partial charge in [-0.1, -0.05) is 72.5 Å². The van der Waals surface area contributed by atoms with Gasteiger partial charge in [0.05, 0.1) is 10.6 Å². The topological polar surface area (TPSA) is 72.6 Å². The van der Waals surface area contributed by atoms with E-state index < -0.39 is 5.91 Å². The van der Waals surface area contributed by atoms with Crippen LogP contribution in [-0.4, -0.2) is 22.7 Å². The van der Waals surface area contributed by atoms with Crippen LogP contribution in [0.15, 0.2) is 71.6 Å². The van der Waals surface area contributed by atoms with Crippen LogP contribution >= 0.6 is 24.0 Å². The van der Waals surface area contributed by atoms with Crippen molar-refractivity contribution in [2.45, 2.75) is 0 Å². The molecule has 1 heterocycles. The SMILES string of the molecule is NC(=O)COc1ccc(/C=C2/SC(=S)N(c3cccc4ccccc34)C2=O)cc1. The second kappa shape index (κ2) is 8.06. The molecule has 1 saturated heterocycles. The largest absolute Gasteiger partial charge is 0.484 e. The Morgan fingerprint density at radius 1 is 1.07 bits per heavy atom. The number of fused-ring (bicyclic) bond motifs is 1. The van der Waals surface area contributed by atoms with Crippen LogP contribution in [0.3, 0.4) is 0 Å². The lowest BCUT2D eigenvalue weighted by Crippen LogP contribution is -2.27. The molecule has 5 nitrogen and oxygen atoms in total. The number of nitrogens with two attached hydrogens (primary N) is 1. The molecule has 0 unspecified atom stereocenters. The van der Waals surface area contributed by atoms with E-state index in [9.17, 15) is 9.59 Å². The van der Waals surface area contributed by atoms with Gasteiger partial charge in [-0.05, 0) is 35.2 Å². The van der Waals surface area contributed by atoms with E-state index in [1.165, 1.54) is 11.8 Å². The van der Waals surface area contributed by atoms with Crippen molar-refractivity contribution in [3.05, 3.63) is 77.2 Å². The van der Waals surface area contributed by atoms with Crippen LogP contribution in [-0.2, 0) is 9.59 Å². The first-order valence-corrected chi connectivity index (χ1v) is 10.0. The van der Waals surface area contributed by atoms with Crippen molar-refractivity contribution >= 4 is 62.7 Å². The Bertz CT molecular complexity index is 1150. The van der Waals surface area contributed by atoms with E-state index >= 15 is 0 Å². The number of primary amides is 1. The van der Waals surface area contributed by atoms with Crippen LogP contribution in [0, 0.1) is 0 Å². The average molecular weight is 421 g/mol. The lowest BCUT2D eigenvalue weighted by Gasteiger charge is -2.17. The Kier molecular flexibility index (Phi) is 5.33. The molecule has 2 amide bonds. The molecule has 0 aromatic heterocycles. The zero-order chi connectivity index (χ0) is 20.4. The Hall–Kier alpha value is -3.16.